The van der Waals surface area contributed by atoms with E-state index in [2.05, 4.69) is 43.0 Å². The van der Waals surface area contributed by atoms with Crippen molar-refractivity contribution < 1.29 is 4.74 Å². The molecule has 1 aliphatic rings. The van der Waals surface area contributed by atoms with E-state index in [4.69, 9.17) is 27.9 Å². The number of ether oxygens (including phenoxy) is 1. The van der Waals surface area contributed by atoms with Gasteiger partial charge in [0, 0.05) is 36.8 Å². The zero-order chi connectivity index (χ0) is 25.2. The zero-order valence-electron chi connectivity index (χ0n) is 20.5. The van der Waals surface area contributed by atoms with Gasteiger partial charge in [-0.15, -0.1) is 0 Å². The van der Waals surface area contributed by atoms with Gasteiger partial charge in [0.15, 0.2) is 5.15 Å². The van der Waals surface area contributed by atoms with Gasteiger partial charge in [-0.05, 0) is 44.0 Å². The lowest BCUT2D eigenvalue weighted by Crippen LogP contribution is -2.36. The fourth-order valence-electron chi connectivity index (χ4n) is 4.42. The molecule has 0 N–H and O–H groups in total. The van der Waals surface area contributed by atoms with E-state index in [0.717, 1.165) is 64.3 Å². The van der Waals surface area contributed by atoms with Crippen LogP contribution in [0.1, 0.15) is 24.7 Å². The minimum absolute atomic E-state index is 0.390. The number of pyridine rings is 1. The number of rotatable bonds is 6. The summed E-state index contributed by atoms with van der Waals surface area (Å²) in [4.78, 5) is 18.1. The Morgan fingerprint density at radius 2 is 1.75 bits per heavy atom. The first-order valence-electron chi connectivity index (χ1n) is 12.0. The molecule has 5 rings (SSSR count). The second-order valence-electron chi connectivity index (χ2n) is 8.76. The Balaban J connectivity index is 1.59. The van der Waals surface area contributed by atoms with Crippen molar-refractivity contribution >= 4 is 51.4 Å². The summed E-state index contributed by atoms with van der Waals surface area (Å²) in [5, 5.41) is 10.6. The number of anilines is 3. The largest absolute Gasteiger partial charge is 0.378 e. The second-order valence-corrected chi connectivity index (χ2v) is 9.49. The average Bonchev–Trinajstić information content (AvgIpc) is 2.90. The first kappa shape index (κ1) is 24.6. The van der Waals surface area contributed by atoms with Gasteiger partial charge < -0.3 is 14.5 Å². The third-order valence-electron chi connectivity index (χ3n) is 6.27. The number of fused-ring (bicyclic) bond motifs is 1. The van der Waals surface area contributed by atoms with Gasteiger partial charge in [0.25, 0.3) is 0 Å². The maximum Gasteiger partial charge on any atom is 0.230 e. The SMILES string of the molecule is CCCN(c1nc(C)c(Cl)c(C)n1)c1cc(-c2ccc3nncc(N4CCOCC4)c3c2)cnc1Cl. The number of aromatic nitrogens is 5. The Kier molecular flexibility index (Phi) is 7.18. The van der Waals surface area contributed by atoms with Crippen molar-refractivity contribution in [1.82, 2.24) is 25.1 Å². The van der Waals surface area contributed by atoms with Gasteiger partial charge in [0.2, 0.25) is 5.95 Å². The van der Waals surface area contributed by atoms with Crippen LogP contribution in [0.25, 0.3) is 22.0 Å². The highest BCUT2D eigenvalue weighted by molar-refractivity contribution is 6.32. The van der Waals surface area contributed by atoms with Crippen LogP contribution in [-0.2, 0) is 4.74 Å². The smallest absolute Gasteiger partial charge is 0.230 e. The summed E-state index contributed by atoms with van der Waals surface area (Å²) in [5.41, 5.74) is 6.05. The van der Waals surface area contributed by atoms with Crippen LogP contribution in [0.2, 0.25) is 10.2 Å². The van der Waals surface area contributed by atoms with E-state index in [0.29, 0.717) is 35.9 Å². The lowest BCUT2D eigenvalue weighted by Gasteiger charge is -2.29. The normalized spacial score (nSPS) is 13.9. The van der Waals surface area contributed by atoms with E-state index in [1.54, 1.807) is 6.20 Å². The monoisotopic (exact) mass is 523 g/mol. The third kappa shape index (κ3) is 4.81. The first-order valence-corrected chi connectivity index (χ1v) is 12.7. The topological polar surface area (TPSA) is 80.2 Å². The zero-order valence-corrected chi connectivity index (χ0v) is 22.0. The maximum atomic E-state index is 6.63. The van der Waals surface area contributed by atoms with E-state index >= 15 is 0 Å². The molecule has 0 bridgehead atoms. The molecular weight excluding hydrogens is 497 g/mol. The van der Waals surface area contributed by atoms with Crippen molar-refractivity contribution in [1.29, 1.82) is 0 Å². The van der Waals surface area contributed by atoms with Crippen molar-refractivity contribution in [2.75, 3.05) is 42.6 Å². The molecule has 1 saturated heterocycles. The van der Waals surface area contributed by atoms with Crippen LogP contribution < -0.4 is 9.80 Å². The van der Waals surface area contributed by atoms with Crippen LogP contribution >= 0.6 is 23.2 Å². The van der Waals surface area contributed by atoms with E-state index < -0.39 is 0 Å². The van der Waals surface area contributed by atoms with Crippen LogP contribution in [0, 0.1) is 13.8 Å². The summed E-state index contributed by atoms with van der Waals surface area (Å²) in [5.74, 6) is 0.556. The first-order chi connectivity index (χ1) is 17.5. The Morgan fingerprint density at radius 3 is 2.47 bits per heavy atom. The molecule has 8 nitrogen and oxygen atoms in total. The highest BCUT2D eigenvalue weighted by Crippen LogP contribution is 2.36. The summed E-state index contributed by atoms with van der Waals surface area (Å²) in [6.07, 6.45) is 4.50. The number of morpholine rings is 1. The number of hydrogen-bond donors (Lipinski definition) is 0. The van der Waals surface area contributed by atoms with Crippen molar-refractivity contribution in [3.05, 3.63) is 58.2 Å². The van der Waals surface area contributed by atoms with Gasteiger partial charge in [-0.2, -0.15) is 10.2 Å². The number of halogens is 2. The molecular formula is C26H27Cl2N7O. The fraction of sp³-hybridized carbons (Fsp3) is 0.346. The van der Waals surface area contributed by atoms with Gasteiger partial charge >= 0.3 is 0 Å². The molecule has 0 amide bonds. The van der Waals surface area contributed by atoms with Crippen molar-refractivity contribution in [2.45, 2.75) is 27.2 Å². The average molecular weight is 524 g/mol. The summed E-state index contributed by atoms with van der Waals surface area (Å²) in [6, 6.07) is 8.21. The molecule has 1 aliphatic heterocycles. The van der Waals surface area contributed by atoms with Gasteiger partial charge in [-0.25, -0.2) is 15.0 Å². The number of benzene rings is 1. The molecule has 36 heavy (non-hydrogen) atoms. The number of nitrogens with zero attached hydrogens (tertiary/aromatic N) is 7. The van der Waals surface area contributed by atoms with E-state index in [1.165, 1.54) is 0 Å². The van der Waals surface area contributed by atoms with Crippen LogP contribution in [0.15, 0.2) is 36.7 Å². The van der Waals surface area contributed by atoms with Crippen molar-refractivity contribution in [2.24, 2.45) is 0 Å². The van der Waals surface area contributed by atoms with Gasteiger partial charge in [-0.3, -0.25) is 0 Å². The molecule has 1 aromatic carbocycles. The predicted octanol–water partition coefficient (Wildman–Crippen LogP) is 5.79. The van der Waals surface area contributed by atoms with Gasteiger partial charge in [0.05, 0.1) is 52.7 Å². The maximum absolute atomic E-state index is 6.63. The third-order valence-corrected chi connectivity index (χ3v) is 7.11. The van der Waals surface area contributed by atoms with E-state index in [9.17, 15) is 0 Å². The molecule has 3 aromatic heterocycles. The van der Waals surface area contributed by atoms with Gasteiger partial charge in [-0.1, -0.05) is 36.2 Å². The highest BCUT2D eigenvalue weighted by Gasteiger charge is 2.20. The minimum atomic E-state index is 0.390. The molecule has 0 saturated carbocycles. The Hall–Kier alpha value is -3.07. The molecule has 186 valence electrons. The summed E-state index contributed by atoms with van der Waals surface area (Å²) in [6.45, 7) is 9.59. The van der Waals surface area contributed by atoms with Crippen molar-refractivity contribution in [3.63, 3.8) is 0 Å². The summed E-state index contributed by atoms with van der Waals surface area (Å²) < 4.78 is 5.53. The Bertz CT molecular complexity index is 1390. The van der Waals surface area contributed by atoms with Gasteiger partial charge in [0.1, 0.15) is 0 Å². The summed E-state index contributed by atoms with van der Waals surface area (Å²) in [7, 11) is 0. The molecule has 0 aliphatic carbocycles. The molecule has 1 fully saturated rings. The molecule has 4 heterocycles. The molecule has 0 radical (unpaired) electrons. The van der Waals surface area contributed by atoms with E-state index in [-0.39, 0.29) is 0 Å². The van der Waals surface area contributed by atoms with Crippen molar-refractivity contribution in [3.8, 4) is 11.1 Å². The standard InChI is InChI=1S/C26H27Cl2N7O/c1-4-7-35(26-31-16(2)24(27)17(3)32-26)22-13-19(14-29-25(22)28)18-5-6-21-20(12-18)23(15-30-33-21)34-8-10-36-11-9-34/h5-6,12-15H,4,7-11H2,1-3H3. The molecule has 4 aromatic rings. The number of hydrogen-bond acceptors (Lipinski definition) is 8. The van der Waals surface area contributed by atoms with Crippen LogP contribution in [-0.4, -0.2) is 58.0 Å². The lowest BCUT2D eigenvalue weighted by atomic mass is 10.0. The summed E-state index contributed by atoms with van der Waals surface area (Å²) >= 11 is 13.0. The fourth-order valence-corrected chi connectivity index (χ4v) is 4.71. The minimum Gasteiger partial charge on any atom is -0.378 e. The number of aryl methyl sites for hydroxylation is 2. The molecule has 0 unspecified atom stereocenters. The Labute approximate surface area is 220 Å². The van der Waals surface area contributed by atoms with Crippen LogP contribution in [0.5, 0.6) is 0 Å². The van der Waals surface area contributed by atoms with E-state index in [1.807, 2.05) is 43.1 Å². The molecule has 0 atom stereocenters. The molecule has 10 heteroatoms. The quantitative estimate of drug-likeness (QED) is 0.293. The highest BCUT2D eigenvalue weighted by atomic mass is 35.5. The second kappa shape index (κ2) is 10.5. The Morgan fingerprint density at radius 1 is 1.00 bits per heavy atom. The van der Waals surface area contributed by atoms with Crippen LogP contribution in [0.3, 0.4) is 0 Å². The van der Waals surface area contributed by atoms with Crippen LogP contribution in [0.4, 0.5) is 17.3 Å². The predicted molar refractivity (Wildman–Crippen MR) is 145 cm³/mol. The molecule has 0 spiro atoms. The lowest BCUT2D eigenvalue weighted by molar-refractivity contribution is 0.123.